The van der Waals surface area contributed by atoms with Gasteiger partial charge in [-0.2, -0.15) is 0 Å². The molecular weight excluding hydrogens is 254 g/mol. The lowest BCUT2D eigenvalue weighted by atomic mass is 9.89. The van der Waals surface area contributed by atoms with Gasteiger partial charge in [-0.25, -0.2) is 0 Å². The number of halogens is 1. The zero-order chi connectivity index (χ0) is 13.8. The Labute approximate surface area is 125 Å². The molecule has 1 nitrogen and oxygen atoms in total. The molecule has 0 heterocycles. The van der Waals surface area contributed by atoms with Gasteiger partial charge in [-0.3, -0.25) is 0 Å². The second-order valence-corrected chi connectivity index (χ2v) is 6.93. The molecule has 0 aliphatic heterocycles. The van der Waals surface area contributed by atoms with Crippen LogP contribution in [0.2, 0.25) is 0 Å². The molecule has 0 amide bonds. The maximum Gasteiger partial charge on any atom is 0.0339 e. The summed E-state index contributed by atoms with van der Waals surface area (Å²) in [6, 6.07) is 0. The molecule has 0 aromatic heterocycles. The van der Waals surface area contributed by atoms with Gasteiger partial charge in [-0.05, 0) is 44.7 Å². The molecule has 0 bridgehead atoms. The van der Waals surface area contributed by atoms with E-state index in [1.807, 2.05) is 0 Å². The fourth-order valence-electron chi connectivity index (χ4n) is 3.10. The Morgan fingerprint density at radius 2 is 1.63 bits per heavy atom. The van der Waals surface area contributed by atoms with Crippen LogP contribution in [0.3, 0.4) is 0 Å². The van der Waals surface area contributed by atoms with Crippen molar-refractivity contribution in [2.24, 2.45) is 5.92 Å². The van der Waals surface area contributed by atoms with E-state index in [1.54, 1.807) is 0 Å². The zero-order valence-electron chi connectivity index (χ0n) is 12.9. The van der Waals surface area contributed by atoms with Gasteiger partial charge in [0.15, 0.2) is 0 Å². The van der Waals surface area contributed by atoms with Crippen LogP contribution in [-0.4, -0.2) is 18.5 Å². The van der Waals surface area contributed by atoms with Gasteiger partial charge in [0.2, 0.25) is 0 Å². The van der Waals surface area contributed by atoms with Crippen LogP contribution in [0, 0.1) is 5.92 Å². The van der Waals surface area contributed by atoms with E-state index in [0.717, 1.165) is 5.92 Å². The molecule has 1 rings (SSSR count). The topological polar surface area (TPSA) is 12.0 Å². The average molecular weight is 288 g/mol. The fourth-order valence-corrected chi connectivity index (χ4v) is 3.51. The third-order valence-corrected chi connectivity index (χ3v) is 4.76. The Kier molecular flexibility index (Phi) is 11.0. The predicted molar refractivity (Wildman–Crippen MR) is 87.1 cm³/mol. The molecule has 0 saturated heterocycles. The summed E-state index contributed by atoms with van der Waals surface area (Å²) >= 11 is 6.22. The van der Waals surface area contributed by atoms with Gasteiger partial charge in [0.1, 0.15) is 0 Å². The first-order valence-corrected chi connectivity index (χ1v) is 9.11. The minimum absolute atomic E-state index is 0.448. The highest BCUT2D eigenvalue weighted by Crippen LogP contribution is 2.27. The molecule has 1 N–H and O–H groups in total. The molecule has 1 saturated carbocycles. The van der Waals surface area contributed by atoms with Gasteiger partial charge < -0.3 is 5.32 Å². The Bertz CT molecular complexity index is 196. The number of hydrogen-bond acceptors (Lipinski definition) is 1. The van der Waals surface area contributed by atoms with E-state index in [0.29, 0.717) is 5.38 Å². The average Bonchev–Trinajstić information content (AvgIpc) is 2.41. The van der Waals surface area contributed by atoms with Crippen molar-refractivity contribution in [3.63, 3.8) is 0 Å². The van der Waals surface area contributed by atoms with Crippen LogP contribution < -0.4 is 5.32 Å². The van der Waals surface area contributed by atoms with Gasteiger partial charge in [0.25, 0.3) is 0 Å². The van der Waals surface area contributed by atoms with Crippen molar-refractivity contribution in [2.45, 2.75) is 89.4 Å². The SMILES string of the molecule is CCCCCCCCCCNCC1CCCC(Cl)C1. The Morgan fingerprint density at radius 1 is 0.947 bits per heavy atom. The van der Waals surface area contributed by atoms with E-state index < -0.39 is 0 Å². The van der Waals surface area contributed by atoms with Gasteiger partial charge >= 0.3 is 0 Å². The van der Waals surface area contributed by atoms with Crippen LogP contribution >= 0.6 is 11.6 Å². The Hall–Kier alpha value is 0.250. The van der Waals surface area contributed by atoms with E-state index >= 15 is 0 Å². The number of rotatable bonds is 11. The second kappa shape index (κ2) is 12.0. The summed E-state index contributed by atoms with van der Waals surface area (Å²) in [5.74, 6) is 0.838. The van der Waals surface area contributed by atoms with Crippen molar-refractivity contribution in [2.75, 3.05) is 13.1 Å². The summed E-state index contributed by atoms with van der Waals surface area (Å²) < 4.78 is 0. The molecule has 2 atom stereocenters. The van der Waals surface area contributed by atoms with Crippen molar-refractivity contribution < 1.29 is 0 Å². The summed E-state index contributed by atoms with van der Waals surface area (Å²) in [7, 11) is 0. The lowest BCUT2D eigenvalue weighted by Crippen LogP contribution is -2.28. The van der Waals surface area contributed by atoms with Gasteiger partial charge in [0, 0.05) is 5.38 Å². The van der Waals surface area contributed by atoms with E-state index in [-0.39, 0.29) is 0 Å². The number of hydrogen-bond donors (Lipinski definition) is 1. The lowest BCUT2D eigenvalue weighted by Gasteiger charge is -2.25. The zero-order valence-corrected chi connectivity index (χ0v) is 13.7. The Morgan fingerprint density at radius 3 is 2.32 bits per heavy atom. The molecule has 0 aromatic carbocycles. The van der Waals surface area contributed by atoms with Crippen LogP contribution in [0.4, 0.5) is 0 Å². The highest BCUT2D eigenvalue weighted by molar-refractivity contribution is 6.20. The molecule has 0 aromatic rings. The summed E-state index contributed by atoms with van der Waals surface area (Å²) in [6.07, 6.45) is 16.5. The van der Waals surface area contributed by atoms with Crippen LogP contribution in [0.1, 0.15) is 84.0 Å². The minimum atomic E-state index is 0.448. The van der Waals surface area contributed by atoms with Crippen LogP contribution in [0.15, 0.2) is 0 Å². The second-order valence-electron chi connectivity index (χ2n) is 6.31. The summed E-state index contributed by atoms with van der Waals surface area (Å²) in [4.78, 5) is 0. The van der Waals surface area contributed by atoms with E-state index in [1.165, 1.54) is 90.1 Å². The minimum Gasteiger partial charge on any atom is -0.316 e. The monoisotopic (exact) mass is 287 g/mol. The van der Waals surface area contributed by atoms with Crippen LogP contribution in [0.5, 0.6) is 0 Å². The molecular formula is C17H34ClN. The number of nitrogens with one attached hydrogen (secondary N) is 1. The molecule has 0 radical (unpaired) electrons. The van der Waals surface area contributed by atoms with Crippen molar-refractivity contribution in [3.05, 3.63) is 0 Å². The van der Waals surface area contributed by atoms with Gasteiger partial charge in [-0.1, -0.05) is 58.3 Å². The van der Waals surface area contributed by atoms with Crippen molar-refractivity contribution in [3.8, 4) is 0 Å². The standard InChI is InChI=1S/C17H34ClN/c1-2-3-4-5-6-7-8-9-13-19-15-16-11-10-12-17(18)14-16/h16-17,19H,2-15H2,1H3. The van der Waals surface area contributed by atoms with Crippen molar-refractivity contribution in [1.29, 1.82) is 0 Å². The summed E-state index contributed by atoms with van der Waals surface area (Å²) in [5, 5.41) is 4.08. The van der Waals surface area contributed by atoms with Crippen molar-refractivity contribution in [1.82, 2.24) is 5.32 Å². The highest BCUT2D eigenvalue weighted by atomic mass is 35.5. The largest absolute Gasteiger partial charge is 0.316 e. The van der Waals surface area contributed by atoms with Crippen LogP contribution in [0.25, 0.3) is 0 Å². The first-order chi connectivity index (χ1) is 9.33. The normalized spacial score (nSPS) is 23.7. The first kappa shape index (κ1) is 17.3. The first-order valence-electron chi connectivity index (χ1n) is 8.67. The third kappa shape index (κ3) is 9.73. The van der Waals surface area contributed by atoms with Crippen LogP contribution in [-0.2, 0) is 0 Å². The molecule has 19 heavy (non-hydrogen) atoms. The highest BCUT2D eigenvalue weighted by Gasteiger charge is 2.19. The van der Waals surface area contributed by atoms with E-state index in [4.69, 9.17) is 11.6 Å². The quantitative estimate of drug-likeness (QED) is 0.390. The lowest BCUT2D eigenvalue weighted by molar-refractivity contribution is 0.345. The molecule has 1 aliphatic carbocycles. The fraction of sp³-hybridized carbons (Fsp3) is 1.00. The Balaban J connectivity index is 1.78. The van der Waals surface area contributed by atoms with Gasteiger partial charge in [0.05, 0.1) is 0 Å². The molecule has 0 spiro atoms. The summed E-state index contributed by atoms with van der Waals surface area (Å²) in [5.41, 5.74) is 0. The number of alkyl halides is 1. The maximum atomic E-state index is 6.22. The predicted octanol–water partition coefficient (Wildman–Crippen LogP) is 5.51. The molecule has 1 aliphatic rings. The van der Waals surface area contributed by atoms with Gasteiger partial charge in [-0.15, -0.1) is 11.6 Å². The number of unbranched alkanes of at least 4 members (excludes halogenated alkanes) is 7. The molecule has 114 valence electrons. The molecule has 2 heteroatoms. The third-order valence-electron chi connectivity index (χ3n) is 4.36. The molecule has 2 unspecified atom stereocenters. The smallest absolute Gasteiger partial charge is 0.0339 e. The van der Waals surface area contributed by atoms with Crippen molar-refractivity contribution >= 4 is 11.6 Å². The molecule has 1 fully saturated rings. The van der Waals surface area contributed by atoms with E-state index in [9.17, 15) is 0 Å². The summed E-state index contributed by atoms with van der Waals surface area (Å²) in [6.45, 7) is 4.68. The maximum absolute atomic E-state index is 6.22. The van der Waals surface area contributed by atoms with E-state index in [2.05, 4.69) is 12.2 Å².